The van der Waals surface area contributed by atoms with Crippen LogP contribution in [0, 0.1) is 0 Å². The second-order valence-corrected chi connectivity index (χ2v) is 7.47. The Kier molecular flexibility index (Phi) is 5.72. The molecule has 0 atom stereocenters. The van der Waals surface area contributed by atoms with Crippen LogP contribution >= 0.6 is 11.8 Å². The van der Waals surface area contributed by atoms with Gasteiger partial charge in [-0.25, -0.2) is 0 Å². The van der Waals surface area contributed by atoms with E-state index in [1.807, 2.05) is 47.4 Å². The van der Waals surface area contributed by atoms with Crippen molar-refractivity contribution in [2.24, 2.45) is 0 Å². The first-order valence-electron chi connectivity index (χ1n) is 7.62. The summed E-state index contributed by atoms with van der Waals surface area (Å²) in [6, 6.07) is 17.0. The van der Waals surface area contributed by atoms with Crippen LogP contribution in [0.25, 0.3) is 0 Å². The molecular weight excluding hydrogens is 306 g/mol. The molecule has 0 bridgehead atoms. The van der Waals surface area contributed by atoms with Crippen molar-refractivity contribution < 1.29 is 9.90 Å². The van der Waals surface area contributed by atoms with E-state index in [4.69, 9.17) is 0 Å². The number of benzene rings is 2. The minimum Gasteiger partial charge on any atom is -0.508 e. The first kappa shape index (κ1) is 17.4. The van der Waals surface area contributed by atoms with Crippen LogP contribution in [0.1, 0.15) is 26.3 Å². The van der Waals surface area contributed by atoms with E-state index in [0.29, 0.717) is 12.3 Å². The molecule has 0 aliphatic heterocycles. The van der Waals surface area contributed by atoms with Gasteiger partial charge in [-0.05, 0) is 50.6 Å². The zero-order chi connectivity index (χ0) is 16.9. The Labute approximate surface area is 142 Å². The molecule has 1 N–H and O–H groups in total. The number of hydrogen-bond acceptors (Lipinski definition) is 3. The fourth-order valence-electron chi connectivity index (χ4n) is 2.23. The Morgan fingerprint density at radius 3 is 2.22 bits per heavy atom. The minimum atomic E-state index is -0.234. The highest BCUT2D eigenvalue weighted by molar-refractivity contribution is 8.00. The molecule has 23 heavy (non-hydrogen) atoms. The van der Waals surface area contributed by atoms with Crippen molar-refractivity contribution in [3.63, 3.8) is 0 Å². The lowest BCUT2D eigenvalue weighted by molar-refractivity contribution is -0.133. The minimum absolute atomic E-state index is 0.111. The van der Waals surface area contributed by atoms with E-state index < -0.39 is 0 Å². The fraction of sp³-hybridized carbons (Fsp3) is 0.316. The lowest BCUT2D eigenvalue weighted by Crippen LogP contribution is -2.45. The van der Waals surface area contributed by atoms with Gasteiger partial charge in [-0.15, -0.1) is 11.8 Å². The maximum absolute atomic E-state index is 12.7. The standard InChI is InChI=1S/C19H23NO2S/c1-19(2,3)20(13-15-7-5-4-6-8-15)18(22)14-23-17-11-9-16(21)10-12-17/h4-12,21H,13-14H2,1-3H3. The van der Waals surface area contributed by atoms with Crippen molar-refractivity contribution in [2.45, 2.75) is 37.8 Å². The summed E-state index contributed by atoms with van der Waals surface area (Å²) < 4.78 is 0. The number of carbonyl (C=O) groups is 1. The predicted molar refractivity (Wildman–Crippen MR) is 95.6 cm³/mol. The summed E-state index contributed by atoms with van der Waals surface area (Å²) >= 11 is 1.49. The molecular formula is C19H23NO2S. The van der Waals surface area contributed by atoms with Gasteiger partial charge < -0.3 is 10.0 Å². The average molecular weight is 329 g/mol. The zero-order valence-corrected chi connectivity index (χ0v) is 14.6. The summed E-state index contributed by atoms with van der Waals surface area (Å²) in [5, 5.41) is 9.31. The number of aromatic hydroxyl groups is 1. The first-order chi connectivity index (χ1) is 10.9. The van der Waals surface area contributed by atoms with Crippen LogP contribution in [0.2, 0.25) is 0 Å². The molecule has 2 aromatic carbocycles. The average Bonchev–Trinajstić information content (AvgIpc) is 2.52. The van der Waals surface area contributed by atoms with Gasteiger partial charge in [0.1, 0.15) is 5.75 Å². The summed E-state index contributed by atoms with van der Waals surface area (Å²) in [5.74, 6) is 0.731. The van der Waals surface area contributed by atoms with Gasteiger partial charge in [-0.3, -0.25) is 4.79 Å². The monoisotopic (exact) mass is 329 g/mol. The van der Waals surface area contributed by atoms with Crippen LogP contribution in [0.5, 0.6) is 5.75 Å². The van der Waals surface area contributed by atoms with Gasteiger partial charge in [0.2, 0.25) is 5.91 Å². The van der Waals surface area contributed by atoms with Crippen LogP contribution in [0.15, 0.2) is 59.5 Å². The van der Waals surface area contributed by atoms with Gasteiger partial charge in [0.15, 0.2) is 0 Å². The highest BCUT2D eigenvalue weighted by Crippen LogP contribution is 2.24. The molecule has 0 spiro atoms. The van der Waals surface area contributed by atoms with Gasteiger partial charge in [0, 0.05) is 17.0 Å². The molecule has 0 aliphatic carbocycles. The second kappa shape index (κ2) is 7.55. The highest BCUT2D eigenvalue weighted by atomic mass is 32.2. The van der Waals surface area contributed by atoms with Crippen molar-refractivity contribution in [3.05, 3.63) is 60.2 Å². The van der Waals surface area contributed by atoms with Crippen molar-refractivity contribution in [2.75, 3.05) is 5.75 Å². The predicted octanol–water partition coefficient (Wildman–Crippen LogP) is 4.31. The van der Waals surface area contributed by atoms with Crippen LogP contribution in [0.4, 0.5) is 0 Å². The van der Waals surface area contributed by atoms with Gasteiger partial charge in [0.05, 0.1) is 5.75 Å². The zero-order valence-electron chi connectivity index (χ0n) is 13.8. The molecule has 2 aromatic rings. The third kappa shape index (κ3) is 5.32. The lowest BCUT2D eigenvalue weighted by atomic mass is 10.0. The summed E-state index contributed by atoms with van der Waals surface area (Å²) in [5.41, 5.74) is 0.896. The quantitative estimate of drug-likeness (QED) is 0.831. The number of carbonyl (C=O) groups excluding carboxylic acids is 1. The Hall–Kier alpha value is -1.94. The van der Waals surface area contributed by atoms with Gasteiger partial charge in [-0.2, -0.15) is 0 Å². The smallest absolute Gasteiger partial charge is 0.233 e. The van der Waals surface area contributed by atoms with Crippen LogP contribution in [-0.2, 0) is 11.3 Å². The molecule has 3 nitrogen and oxygen atoms in total. The third-order valence-electron chi connectivity index (χ3n) is 3.49. The topological polar surface area (TPSA) is 40.5 Å². The van der Waals surface area contributed by atoms with E-state index in [9.17, 15) is 9.90 Å². The Morgan fingerprint density at radius 2 is 1.65 bits per heavy atom. The van der Waals surface area contributed by atoms with E-state index in [-0.39, 0.29) is 17.2 Å². The molecule has 0 fully saturated rings. The van der Waals surface area contributed by atoms with E-state index in [1.165, 1.54) is 11.8 Å². The molecule has 0 aromatic heterocycles. The van der Waals surface area contributed by atoms with E-state index in [1.54, 1.807) is 12.1 Å². The number of amides is 1. The molecule has 4 heteroatoms. The molecule has 0 radical (unpaired) electrons. The van der Waals surface area contributed by atoms with Crippen molar-refractivity contribution in [1.29, 1.82) is 0 Å². The highest BCUT2D eigenvalue weighted by Gasteiger charge is 2.26. The second-order valence-electron chi connectivity index (χ2n) is 6.42. The SMILES string of the molecule is CC(C)(C)N(Cc1ccccc1)C(=O)CSc1ccc(O)cc1. The maximum Gasteiger partial charge on any atom is 0.233 e. The number of nitrogens with zero attached hydrogens (tertiary/aromatic N) is 1. The first-order valence-corrected chi connectivity index (χ1v) is 8.61. The normalized spacial score (nSPS) is 11.3. The fourth-order valence-corrected chi connectivity index (χ4v) is 3.01. The summed E-state index contributed by atoms with van der Waals surface area (Å²) in [7, 11) is 0. The maximum atomic E-state index is 12.7. The van der Waals surface area contributed by atoms with Crippen LogP contribution in [0.3, 0.4) is 0 Å². The Bertz CT molecular complexity index is 633. The molecule has 0 unspecified atom stereocenters. The van der Waals surface area contributed by atoms with E-state index >= 15 is 0 Å². The van der Waals surface area contributed by atoms with Gasteiger partial charge in [-0.1, -0.05) is 30.3 Å². The Morgan fingerprint density at radius 1 is 1.04 bits per heavy atom. The van der Waals surface area contributed by atoms with Crippen LogP contribution in [-0.4, -0.2) is 27.2 Å². The Balaban J connectivity index is 2.03. The van der Waals surface area contributed by atoms with Gasteiger partial charge >= 0.3 is 0 Å². The molecule has 0 saturated carbocycles. The van der Waals surface area contributed by atoms with Crippen molar-refractivity contribution in [1.82, 2.24) is 4.90 Å². The number of phenolic OH excluding ortho intramolecular Hbond substituents is 1. The molecule has 2 rings (SSSR count). The molecule has 1 amide bonds. The van der Waals surface area contributed by atoms with E-state index in [2.05, 4.69) is 20.8 Å². The molecule has 0 saturated heterocycles. The van der Waals surface area contributed by atoms with Crippen LogP contribution < -0.4 is 0 Å². The summed E-state index contributed by atoms with van der Waals surface area (Å²) in [4.78, 5) is 15.6. The largest absolute Gasteiger partial charge is 0.508 e. The lowest BCUT2D eigenvalue weighted by Gasteiger charge is -2.36. The summed E-state index contributed by atoms with van der Waals surface area (Å²) in [6.07, 6.45) is 0. The number of phenols is 1. The molecule has 122 valence electrons. The van der Waals surface area contributed by atoms with E-state index in [0.717, 1.165) is 10.5 Å². The number of rotatable bonds is 5. The molecule has 0 aliphatic rings. The molecule has 0 heterocycles. The number of hydrogen-bond donors (Lipinski definition) is 1. The number of thioether (sulfide) groups is 1. The third-order valence-corrected chi connectivity index (χ3v) is 4.49. The van der Waals surface area contributed by atoms with Gasteiger partial charge in [0.25, 0.3) is 0 Å². The van der Waals surface area contributed by atoms with Crippen molar-refractivity contribution >= 4 is 17.7 Å². The summed E-state index contributed by atoms with van der Waals surface area (Å²) in [6.45, 7) is 6.77. The van der Waals surface area contributed by atoms with Crippen molar-refractivity contribution in [3.8, 4) is 5.75 Å².